The second kappa shape index (κ2) is 6.51. The molecule has 6 heteroatoms. The maximum Gasteiger partial charge on any atom is 0.330 e. The molecule has 0 spiro atoms. The van der Waals surface area contributed by atoms with E-state index in [-0.39, 0.29) is 17.9 Å². The van der Waals surface area contributed by atoms with Crippen LogP contribution in [0.2, 0.25) is 0 Å². The molecule has 0 bridgehead atoms. The van der Waals surface area contributed by atoms with Gasteiger partial charge in [-0.15, -0.1) is 0 Å². The number of aryl methyl sites for hydroxylation is 1. The third-order valence-electron chi connectivity index (χ3n) is 2.87. The number of rotatable bonds is 6. The van der Waals surface area contributed by atoms with Crippen LogP contribution in [0.3, 0.4) is 0 Å². The fourth-order valence-corrected chi connectivity index (χ4v) is 1.96. The first-order chi connectivity index (χ1) is 8.51. The lowest BCUT2D eigenvalue weighted by molar-refractivity contribution is 0.189. The number of nitrogens with zero attached hydrogens (tertiary/aromatic N) is 3. The van der Waals surface area contributed by atoms with Crippen molar-refractivity contribution in [2.24, 2.45) is 14.1 Å². The van der Waals surface area contributed by atoms with Gasteiger partial charge < -0.3 is 9.67 Å². The summed E-state index contributed by atoms with van der Waals surface area (Å²) in [7, 11) is 3.10. The zero-order valence-electron chi connectivity index (χ0n) is 11.2. The molecule has 0 fully saturated rings. The van der Waals surface area contributed by atoms with Crippen LogP contribution < -0.4 is 11.2 Å². The summed E-state index contributed by atoms with van der Waals surface area (Å²) in [6.07, 6.45) is 2.52. The van der Waals surface area contributed by atoms with Crippen molar-refractivity contribution in [2.45, 2.75) is 19.9 Å². The average molecular weight is 255 g/mol. The fourth-order valence-electron chi connectivity index (χ4n) is 1.96. The summed E-state index contributed by atoms with van der Waals surface area (Å²) in [5, 5.41) is 8.98. The zero-order chi connectivity index (χ0) is 13.7. The van der Waals surface area contributed by atoms with Crippen LogP contribution in [0.25, 0.3) is 0 Å². The first kappa shape index (κ1) is 14.7. The van der Waals surface area contributed by atoms with Crippen molar-refractivity contribution in [1.82, 2.24) is 14.0 Å². The Morgan fingerprint density at radius 3 is 2.50 bits per heavy atom. The number of aliphatic hydroxyl groups is 1. The van der Waals surface area contributed by atoms with E-state index in [9.17, 15) is 9.59 Å². The van der Waals surface area contributed by atoms with Crippen LogP contribution in [0.15, 0.2) is 15.8 Å². The van der Waals surface area contributed by atoms with Gasteiger partial charge in [-0.25, -0.2) is 4.79 Å². The van der Waals surface area contributed by atoms with E-state index < -0.39 is 0 Å². The predicted molar refractivity (Wildman–Crippen MR) is 69.6 cm³/mol. The monoisotopic (exact) mass is 255 g/mol. The molecule has 0 saturated heterocycles. The van der Waals surface area contributed by atoms with Crippen LogP contribution in [0.4, 0.5) is 0 Å². The first-order valence-corrected chi connectivity index (χ1v) is 6.10. The van der Waals surface area contributed by atoms with Gasteiger partial charge in [-0.05, 0) is 13.0 Å². The molecule has 1 aromatic heterocycles. The summed E-state index contributed by atoms with van der Waals surface area (Å²) < 4.78 is 2.51. The highest BCUT2D eigenvalue weighted by atomic mass is 16.3. The van der Waals surface area contributed by atoms with E-state index in [2.05, 4.69) is 0 Å². The van der Waals surface area contributed by atoms with E-state index in [1.54, 1.807) is 13.2 Å². The summed E-state index contributed by atoms with van der Waals surface area (Å²) in [5.74, 6) is 0. The van der Waals surface area contributed by atoms with Crippen molar-refractivity contribution in [3.8, 4) is 0 Å². The van der Waals surface area contributed by atoms with Gasteiger partial charge in [-0.1, -0.05) is 6.92 Å². The first-order valence-electron chi connectivity index (χ1n) is 6.10. The van der Waals surface area contributed by atoms with Crippen molar-refractivity contribution < 1.29 is 5.11 Å². The molecule has 18 heavy (non-hydrogen) atoms. The molecule has 0 unspecified atom stereocenters. The minimum Gasteiger partial charge on any atom is -0.395 e. The highest BCUT2D eigenvalue weighted by Crippen LogP contribution is 1.99. The molecule has 6 nitrogen and oxygen atoms in total. The molecule has 0 aliphatic rings. The predicted octanol–water partition coefficient (Wildman–Crippen LogP) is -0.712. The smallest absolute Gasteiger partial charge is 0.330 e. The third kappa shape index (κ3) is 3.30. The molecule has 0 aromatic carbocycles. The second-order valence-corrected chi connectivity index (χ2v) is 4.41. The minimum absolute atomic E-state index is 0.0616. The normalized spacial score (nSPS) is 11.2. The van der Waals surface area contributed by atoms with Crippen LogP contribution in [-0.4, -0.2) is 38.8 Å². The summed E-state index contributed by atoms with van der Waals surface area (Å²) in [4.78, 5) is 25.5. The topological polar surface area (TPSA) is 67.5 Å². The van der Waals surface area contributed by atoms with Crippen LogP contribution in [0.5, 0.6) is 0 Å². The van der Waals surface area contributed by atoms with Gasteiger partial charge in [0.05, 0.1) is 6.61 Å². The van der Waals surface area contributed by atoms with Gasteiger partial charge in [0.15, 0.2) is 0 Å². The molecule has 1 aromatic rings. The molecule has 1 N–H and O–H groups in total. The molecular formula is C12H21N3O3. The number of hydrogen-bond acceptors (Lipinski definition) is 4. The van der Waals surface area contributed by atoms with Crippen molar-refractivity contribution in [3.63, 3.8) is 0 Å². The van der Waals surface area contributed by atoms with E-state index in [0.29, 0.717) is 18.7 Å². The van der Waals surface area contributed by atoms with Crippen molar-refractivity contribution >= 4 is 0 Å². The number of hydrogen-bond donors (Lipinski definition) is 1. The van der Waals surface area contributed by atoms with E-state index in [4.69, 9.17) is 5.11 Å². The Hall–Kier alpha value is -1.40. The zero-order valence-corrected chi connectivity index (χ0v) is 11.2. The summed E-state index contributed by atoms with van der Waals surface area (Å²) in [5.41, 5.74) is -0.0217. The molecule has 0 radical (unpaired) electrons. The van der Waals surface area contributed by atoms with E-state index >= 15 is 0 Å². The lowest BCUT2D eigenvalue weighted by Crippen LogP contribution is -2.40. The van der Waals surface area contributed by atoms with Gasteiger partial charge in [-0.2, -0.15) is 0 Å². The largest absolute Gasteiger partial charge is 0.395 e. The van der Waals surface area contributed by atoms with E-state index in [1.807, 2.05) is 11.8 Å². The molecule has 0 aliphatic carbocycles. The Morgan fingerprint density at radius 2 is 1.94 bits per heavy atom. The van der Waals surface area contributed by atoms with E-state index in [0.717, 1.165) is 17.5 Å². The Morgan fingerprint density at radius 1 is 1.28 bits per heavy atom. The maximum absolute atomic E-state index is 11.9. The standard InChI is InChI=1S/C12H21N3O3/c1-4-5-15(6-7-16)9-10-8-13(2)12(18)14(3)11(10)17/h8,16H,4-7,9H2,1-3H3. The molecule has 0 saturated carbocycles. The second-order valence-electron chi connectivity index (χ2n) is 4.41. The van der Waals surface area contributed by atoms with Crippen LogP contribution in [-0.2, 0) is 20.6 Å². The third-order valence-corrected chi connectivity index (χ3v) is 2.87. The van der Waals surface area contributed by atoms with Crippen molar-refractivity contribution in [1.29, 1.82) is 0 Å². The van der Waals surface area contributed by atoms with Gasteiger partial charge in [0.1, 0.15) is 0 Å². The Balaban J connectivity index is 3.03. The Labute approximate surface area is 106 Å². The van der Waals surface area contributed by atoms with Crippen LogP contribution >= 0.6 is 0 Å². The van der Waals surface area contributed by atoms with Gasteiger partial charge >= 0.3 is 5.69 Å². The fraction of sp³-hybridized carbons (Fsp3) is 0.667. The number of aliphatic hydroxyl groups excluding tert-OH is 1. The van der Waals surface area contributed by atoms with Gasteiger partial charge in [0.25, 0.3) is 5.56 Å². The lowest BCUT2D eigenvalue weighted by atomic mass is 10.3. The van der Waals surface area contributed by atoms with Crippen molar-refractivity contribution in [2.75, 3.05) is 19.7 Å². The Kier molecular flexibility index (Phi) is 5.30. The van der Waals surface area contributed by atoms with Crippen LogP contribution in [0, 0.1) is 0 Å². The summed E-state index contributed by atoms with van der Waals surface area (Å²) in [6.45, 7) is 3.90. The van der Waals surface area contributed by atoms with E-state index in [1.165, 1.54) is 11.6 Å². The summed E-state index contributed by atoms with van der Waals surface area (Å²) in [6, 6.07) is 0. The molecule has 1 rings (SSSR count). The van der Waals surface area contributed by atoms with Gasteiger partial charge in [0.2, 0.25) is 0 Å². The molecular weight excluding hydrogens is 234 g/mol. The molecule has 102 valence electrons. The minimum atomic E-state index is -0.326. The molecule has 0 aliphatic heterocycles. The highest BCUT2D eigenvalue weighted by molar-refractivity contribution is 5.05. The van der Waals surface area contributed by atoms with Gasteiger partial charge in [-0.3, -0.25) is 14.3 Å². The SMILES string of the molecule is CCCN(CCO)Cc1cn(C)c(=O)n(C)c1=O. The van der Waals surface area contributed by atoms with Crippen molar-refractivity contribution in [3.05, 3.63) is 32.6 Å². The molecule has 1 heterocycles. The lowest BCUT2D eigenvalue weighted by Gasteiger charge is -2.20. The maximum atomic E-state index is 11.9. The molecule has 0 amide bonds. The highest BCUT2D eigenvalue weighted by Gasteiger charge is 2.11. The van der Waals surface area contributed by atoms with Gasteiger partial charge in [0, 0.05) is 38.9 Å². The van der Waals surface area contributed by atoms with Crippen LogP contribution in [0.1, 0.15) is 18.9 Å². The average Bonchev–Trinajstić information content (AvgIpc) is 2.34. The Bertz CT molecular complexity index is 498. The number of aromatic nitrogens is 2. The molecule has 0 atom stereocenters. The quantitative estimate of drug-likeness (QED) is 0.729. The summed E-state index contributed by atoms with van der Waals surface area (Å²) >= 11 is 0.